The van der Waals surface area contributed by atoms with E-state index in [-0.39, 0.29) is 5.60 Å². The van der Waals surface area contributed by atoms with E-state index in [1.165, 1.54) is 0 Å². The van der Waals surface area contributed by atoms with Gasteiger partial charge in [-0.2, -0.15) is 5.26 Å². The Morgan fingerprint density at radius 1 is 1.40 bits per heavy atom. The molecule has 1 aliphatic heterocycles. The van der Waals surface area contributed by atoms with Crippen molar-refractivity contribution in [2.24, 2.45) is 0 Å². The highest BCUT2D eigenvalue weighted by Crippen LogP contribution is 2.19. The van der Waals surface area contributed by atoms with Crippen molar-refractivity contribution in [3.8, 4) is 6.07 Å². The fraction of sp³-hybridized carbons (Fsp3) is 0.364. The molecular weight excluding hydrogens is 189 g/mol. The number of hydrogen-bond acceptors (Lipinski definition) is 3. The highest BCUT2D eigenvalue weighted by molar-refractivity contribution is 6.62. The van der Waals surface area contributed by atoms with Crippen LogP contribution in [0.1, 0.15) is 19.4 Å². The van der Waals surface area contributed by atoms with Crippen molar-refractivity contribution < 1.29 is 9.31 Å². The zero-order chi connectivity index (χ0) is 10.9. The number of benzene rings is 1. The SMILES string of the molecule is CC1(C)COB(c2ccccc2C#N)O1. The van der Waals surface area contributed by atoms with Crippen molar-refractivity contribution in [3.63, 3.8) is 0 Å². The summed E-state index contributed by atoms with van der Waals surface area (Å²) in [5.41, 5.74) is 1.15. The van der Waals surface area contributed by atoms with E-state index in [0.717, 1.165) is 5.46 Å². The maximum Gasteiger partial charge on any atom is 0.495 e. The third-order valence-electron chi connectivity index (χ3n) is 2.34. The lowest BCUT2D eigenvalue weighted by Gasteiger charge is -2.15. The molecule has 1 heterocycles. The van der Waals surface area contributed by atoms with Crippen LogP contribution in [0.15, 0.2) is 24.3 Å². The smallest absolute Gasteiger partial charge is 0.404 e. The average molecular weight is 201 g/mol. The first-order valence-corrected chi connectivity index (χ1v) is 4.91. The molecule has 0 bridgehead atoms. The summed E-state index contributed by atoms with van der Waals surface area (Å²) in [5.74, 6) is 0. The van der Waals surface area contributed by atoms with Crippen LogP contribution in [0, 0.1) is 11.3 Å². The molecule has 1 saturated heterocycles. The molecule has 4 heteroatoms. The first-order chi connectivity index (χ1) is 7.12. The van der Waals surface area contributed by atoms with Crippen molar-refractivity contribution in [1.82, 2.24) is 0 Å². The molecule has 0 N–H and O–H groups in total. The van der Waals surface area contributed by atoms with Crippen LogP contribution < -0.4 is 5.46 Å². The summed E-state index contributed by atoms with van der Waals surface area (Å²) in [6, 6.07) is 9.50. The molecule has 0 atom stereocenters. The van der Waals surface area contributed by atoms with Crippen molar-refractivity contribution in [2.45, 2.75) is 19.4 Å². The molecule has 1 aromatic rings. The second kappa shape index (κ2) is 3.69. The van der Waals surface area contributed by atoms with Gasteiger partial charge in [0.25, 0.3) is 0 Å². The van der Waals surface area contributed by atoms with E-state index in [0.29, 0.717) is 12.2 Å². The lowest BCUT2D eigenvalue weighted by Crippen LogP contribution is -2.36. The van der Waals surface area contributed by atoms with Crippen molar-refractivity contribution in [3.05, 3.63) is 29.8 Å². The zero-order valence-electron chi connectivity index (χ0n) is 8.86. The van der Waals surface area contributed by atoms with Crippen molar-refractivity contribution >= 4 is 12.6 Å². The summed E-state index contributed by atoms with van der Waals surface area (Å²) >= 11 is 0. The van der Waals surface area contributed by atoms with Gasteiger partial charge in [0.2, 0.25) is 0 Å². The standard InChI is InChI=1S/C11H12BNO2/c1-11(2)8-14-12(15-11)10-6-4-3-5-9(10)7-13/h3-6H,8H2,1-2H3. The van der Waals surface area contributed by atoms with Gasteiger partial charge in [0.1, 0.15) is 0 Å². The van der Waals surface area contributed by atoms with Crippen LogP contribution in [0.4, 0.5) is 0 Å². The summed E-state index contributed by atoms with van der Waals surface area (Å²) in [5, 5.41) is 8.95. The Balaban J connectivity index is 2.28. The van der Waals surface area contributed by atoms with Crippen molar-refractivity contribution in [1.29, 1.82) is 5.26 Å². The number of rotatable bonds is 1. The Morgan fingerprint density at radius 3 is 2.73 bits per heavy atom. The second-order valence-electron chi connectivity index (χ2n) is 4.22. The quantitative estimate of drug-likeness (QED) is 0.638. The first-order valence-electron chi connectivity index (χ1n) is 4.91. The van der Waals surface area contributed by atoms with Gasteiger partial charge in [0.15, 0.2) is 0 Å². The molecule has 0 aromatic heterocycles. The van der Waals surface area contributed by atoms with Crippen molar-refractivity contribution in [2.75, 3.05) is 6.61 Å². The minimum atomic E-state index is -0.407. The Morgan fingerprint density at radius 2 is 2.13 bits per heavy atom. The predicted octanol–water partition coefficient (Wildman–Crippen LogP) is 1.08. The normalized spacial score (nSPS) is 18.9. The summed E-state index contributed by atoms with van der Waals surface area (Å²) < 4.78 is 11.2. The third-order valence-corrected chi connectivity index (χ3v) is 2.34. The second-order valence-corrected chi connectivity index (χ2v) is 4.22. The third kappa shape index (κ3) is 2.04. The van der Waals surface area contributed by atoms with Gasteiger partial charge in [-0.15, -0.1) is 0 Å². The fourth-order valence-corrected chi connectivity index (χ4v) is 1.59. The number of hydrogen-bond donors (Lipinski definition) is 0. The van der Waals surface area contributed by atoms with Gasteiger partial charge < -0.3 is 9.31 Å². The van der Waals surface area contributed by atoms with Gasteiger partial charge >= 0.3 is 7.12 Å². The van der Waals surface area contributed by atoms with Crippen LogP contribution in [0.2, 0.25) is 0 Å². The molecule has 0 spiro atoms. The number of nitrogens with zero attached hydrogens (tertiary/aromatic N) is 1. The molecule has 1 fully saturated rings. The summed E-state index contributed by atoms with van der Waals surface area (Å²) in [6.45, 7) is 4.50. The van der Waals surface area contributed by atoms with E-state index in [1.54, 1.807) is 6.07 Å². The van der Waals surface area contributed by atoms with Gasteiger partial charge in [-0.25, -0.2) is 0 Å². The van der Waals surface area contributed by atoms with Crippen LogP contribution in [0.25, 0.3) is 0 Å². The minimum absolute atomic E-state index is 0.271. The van der Waals surface area contributed by atoms with Crippen LogP contribution in [0.3, 0.4) is 0 Å². The van der Waals surface area contributed by atoms with Gasteiger partial charge in [0, 0.05) is 5.46 Å². The topological polar surface area (TPSA) is 42.2 Å². The summed E-state index contributed by atoms with van der Waals surface area (Å²) in [4.78, 5) is 0. The van der Waals surface area contributed by atoms with Gasteiger partial charge in [-0.05, 0) is 19.9 Å². The fourth-order valence-electron chi connectivity index (χ4n) is 1.59. The van der Waals surface area contributed by atoms with E-state index in [4.69, 9.17) is 14.6 Å². The molecule has 76 valence electrons. The molecule has 1 aliphatic rings. The van der Waals surface area contributed by atoms with Gasteiger partial charge in [0.05, 0.1) is 23.8 Å². The zero-order valence-corrected chi connectivity index (χ0v) is 8.86. The Bertz CT molecular complexity index is 411. The van der Waals surface area contributed by atoms with Gasteiger partial charge in [-0.1, -0.05) is 18.2 Å². The highest BCUT2D eigenvalue weighted by Gasteiger charge is 2.39. The molecule has 0 saturated carbocycles. The highest BCUT2D eigenvalue weighted by atomic mass is 16.7. The van der Waals surface area contributed by atoms with E-state index in [9.17, 15) is 0 Å². The summed E-state index contributed by atoms with van der Waals surface area (Å²) in [6.07, 6.45) is 0. The van der Waals surface area contributed by atoms with E-state index in [1.807, 2.05) is 32.0 Å². The van der Waals surface area contributed by atoms with E-state index >= 15 is 0 Å². The van der Waals surface area contributed by atoms with Gasteiger partial charge in [-0.3, -0.25) is 0 Å². The molecular formula is C11H12BNO2. The van der Waals surface area contributed by atoms with Crippen LogP contribution >= 0.6 is 0 Å². The average Bonchev–Trinajstić information content (AvgIpc) is 2.59. The Hall–Kier alpha value is -1.31. The molecule has 0 unspecified atom stereocenters. The molecule has 1 aromatic carbocycles. The molecule has 3 nitrogen and oxygen atoms in total. The molecule has 2 rings (SSSR count). The number of nitriles is 1. The summed E-state index contributed by atoms with van der Waals surface area (Å²) in [7, 11) is -0.407. The molecule has 0 radical (unpaired) electrons. The van der Waals surface area contributed by atoms with E-state index in [2.05, 4.69) is 6.07 Å². The minimum Gasteiger partial charge on any atom is -0.404 e. The Labute approximate surface area is 89.8 Å². The van der Waals surface area contributed by atoms with Crippen LogP contribution in [-0.2, 0) is 9.31 Å². The maximum atomic E-state index is 8.95. The predicted molar refractivity (Wildman–Crippen MR) is 57.7 cm³/mol. The first kappa shape index (κ1) is 10.2. The Kier molecular flexibility index (Phi) is 2.51. The lowest BCUT2D eigenvalue weighted by molar-refractivity contribution is 0.137. The molecule has 0 aliphatic carbocycles. The molecule has 15 heavy (non-hydrogen) atoms. The maximum absolute atomic E-state index is 8.95. The van der Waals surface area contributed by atoms with E-state index < -0.39 is 7.12 Å². The van der Waals surface area contributed by atoms with Crippen LogP contribution in [-0.4, -0.2) is 19.3 Å². The lowest BCUT2D eigenvalue weighted by atomic mass is 9.76. The molecule has 0 amide bonds. The van der Waals surface area contributed by atoms with Crippen LogP contribution in [0.5, 0.6) is 0 Å². The monoisotopic (exact) mass is 201 g/mol. The largest absolute Gasteiger partial charge is 0.495 e.